The monoisotopic (exact) mass is 321 g/mol. The van der Waals surface area contributed by atoms with Crippen LogP contribution in [0, 0.1) is 0 Å². The van der Waals surface area contributed by atoms with Crippen molar-refractivity contribution in [2.45, 2.75) is 0 Å². The molecular weight excluding hydrogens is 310 g/mol. The minimum Gasteiger partial charge on any atom is -1.00 e. The van der Waals surface area contributed by atoms with E-state index in [2.05, 4.69) is 38.9 Å². The molecule has 6 heteroatoms. The molecule has 0 aliphatic carbocycles. The quantitative estimate of drug-likeness (QED) is 0.638. The first-order chi connectivity index (χ1) is 7.45. The van der Waals surface area contributed by atoms with Crippen LogP contribution in [0.4, 0.5) is 5.82 Å². The molecule has 86 valence electrons. The van der Waals surface area contributed by atoms with Crippen molar-refractivity contribution >= 4 is 50.5 Å². The molecular formula is C11H12BrMgN3S. The van der Waals surface area contributed by atoms with Crippen molar-refractivity contribution in [3.8, 4) is 0 Å². The molecule has 3 rings (SSSR count). The van der Waals surface area contributed by atoms with Crippen LogP contribution < -0.4 is 21.9 Å². The zero-order chi connectivity index (χ0) is 10.1. The van der Waals surface area contributed by atoms with Gasteiger partial charge in [-0.2, -0.15) is 4.37 Å². The largest absolute Gasteiger partial charge is 2.00 e. The Kier molecular flexibility index (Phi) is 6.15. The van der Waals surface area contributed by atoms with Crippen molar-refractivity contribution in [2.75, 3.05) is 31.1 Å². The summed E-state index contributed by atoms with van der Waals surface area (Å²) < 4.78 is 5.82. The minimum atomic E-state index is 0. The van der Waals surface area contributed by atoms with E-state index in [4.69, 9.17) is 0 Å². The predicted molar refractivity (Wildman–Crippen MR) is 70.7 cm³/mol. The number of halogens is 1. The Morgan fingerprint density at radius 3 is 2.65 bits per heavy atom. The van der Waals surface area contributed by atoms with Gasteiger partial charge in [0.1, 0.15) is 5.82 Å². The summed E-state index contributed by atoms with van der Waals surface area (Å²) in [7, 11) is 0. The van der Waals surface area contributed by atoms with E-state index in [0.717, 1.165) is 32.0 Å². The SMILES string of the molecule is [Br-].[Mg+2].c1ccc2c(N3CC[N-]CC3)nsc2c1. The molecule has 1 aromatic heterocycles. The van der Waals surface area contributed by atoms with Crippen LogP contribution >= 0.6 is 11.5 Å². The molecule has 1 aromatic carbocycles. The molecule has 0 spiro atoms. The Labute approximate surface area is 132 Å². The molecule has 0 saturated carbocycles. The first-order valence-electron chi connectivity index (χ1n) is 5.18. The standard InChI is InChI=1S/C11H12N3S.BrH.Mg/c1-2-4-10-9(3-1)11(13-15-10)14-7-5-12-6-8-14;;/h1-4H,5-8H2;1H;/q-1;;+2/p-1. The summed E-state index contributed by atoms with van der Waals surface area (Å²) >= 11 is 1.59. The summed E-state index contributed by atoms with van der Waals surface area (Å²) in [6.45, 7) is 3.89. The number of hydrogen-bond acceptors (Lipinski definition) is 3. The maximum absolute atomic E-state index is 4.54. The van der Waals surface area contributed by atoms with E-state index < -0.39 is 0 Å². The molecule has 17 heavy (non-hydrogen) atoms. The van der Waals surface area contributed by atoms with Gasteiger partial charge in [0.25, 0.3) is 0 Å². The number of nitrogens with zero attached hydrogens (tertiary/aromatic N) is 3. The molecule has 2 aromatic rings. The second-order valence-corrected chi connectivity index (χ2v) is 4.47. The smallest absolute Gasteiger partial charge is 1.00 e. The van der Waals surface area contributed by atoms with Gasteiger partial charge >= 0.3 is 23.1 Å². The van der Waals surface area contributed by atoms with Gasteiger partial charge in [0.05, 0.1) is 4.70 Å². The van der Waals surface area contributed by atoms with Gasteiger partial charge < -0.3 is 27.2 Å². The van der Waals surface area contributed by atoms with E-state index in [0.29, 0.717) is 0 Å². The number of benzene rings is 1. The summed E-state index contributed by atoms with van der Waals surface area (Å²) in [6, 6.07) is 8.43. The molecule has 1 aliphatic heterocycles. The summed E-state index contributed by atoms with van der Waals surface area (Å²) in [5.74, 6) is 1.14. The van der Waals surface area contributed by atoms with E-state index in [-0.39, 0.29) is 40.0 Å². The topological polar surface area (TPSA) is 30.2 Å². The summed E-state index contributed by atoms with van der Waals surface area (Å²) in [6.07, 6.45) is 0. The van der Waals surface area contributed by atoms with Crippen molar-refractivity contribution < 1.29 is 17.0 Å². The molecule has 0 unspecified atom stereocenters. The average Bonchev–Trinajstić information content (AvgIpc) is 2.74. The van der Waals surface area contributed by atoms with Gasteiger partial charge in [-0.1, -0.05) is 12.1 Å². The fourth-order valence-corrected chi connectivity index (χ4v) is 2.71. The van der Waals surface area contributed by atoms with Crippen molar-refractivity contribution in [2.24, 2.45) is 0 Å². The van der Waals surface area contributed by atoms with E-state index in [9.17, 15) is 0 Å². The Hall–Kier alpha value is 0.116. The van der Waals surface area contributed by atoms with Gasteiger partial charge in [-0.25, -0.2) is 0 Å². The van der Waals surface area contributed by atoms with Crippen LogP contribution in [-0.2, 0) is 0 Å². The van der Waals surface area contributed by atoms with Crippen LogP contribution in [0.2, 0.25) is 0 Å². The van der Waals surface area contributed by atoms with Gasteiger partial charge in [-0.3, -0.25) is 0 Å². The first kappa shape index (κ1) is 15.2. The third-order valence-corrected chi connectivity index (χ3v) is 3.53. The molecule has 0 N–H and O–H groups in total. The van der Waals surface area contributed by atoms with Gasteiger partial charge in [0, 0.05) is 18.5 Å². The van der Waals surface area contributed by atoms with Crippen molar-refractivity contribution in [1.29, 1.82) is 0 Å². The molecule has 0 bridgehead atoms. The third-order valence-electron chi connectivity index (χ3n) is 2.71. The van der Waals surface area contributed by atoms with E-state index in [1.54, 1.807) is 11.5 Å². The number of hydrogen-bond donors (Lipinski definition) is 0. The fourth-order valence-electron chi connectivity index (χ4n) is 1.92. The van der Waals surface area contributed by atoms with Crippen molar-refractivity contribution in [1.82, 2.24) is 4.37 Å². The Morgan fingerprint density at radius 2 is 1.88 bits per heavy atom. The number of rotatable bonds is 1. The van der Waals surface area contributed by atoms with E-state index in [1.807, 2.05) is 0 Å². The molecule has 0 radical (unpaired) electrons. The summed E-state index contributed by atoms with van der Waals surface area (Å²) in [4.78, 5) is 2.34. The zero-order valence-corrected chi connectivity index (χ0v) is 13.3. The maximum atomic E-state index is 4.54. The van der Waals surface area contributed by atoms with E-state index in [1.165, 1.54) is 10.1 Å². The number of aromatic nitrogens is 1. The zero-order valence-electron chi connectivity index (χ0n) is 9.47. The summed E-state index contributed by atoms with van der Waals surface area (Å²) in [5.41, 5.74) is 0. The Bertz CT molecular complexity index is 470. The molecule has 1 saturated heterocycles. The van der Waals surface area contributed by atoms with Crippen LogP contribution in [-0.4, -0.2) is 53.6 Å². The molecule has 0 atom stereocenters. The molecule has 3 nitrogen and oxygen atoms in total. The van der Waals surface area contributed by atoms with Gasteiger partial charge in [-0.05, 0) is 23.7 Å². The molecule has 0 amide bonds. The number of piperazine rings is 1. The fraction of sp³-hybridized carbons (Fsp3) is 0.364. The van der Waals surface area contributed by atoms with Crippen LogP contribution in [0.25, 0.3) is 15.4 Å². The van der Waals surface area contributed by atoms with Crippen LogP contribution in [0.5, 0.6) is 0 Å². The normalized spacial score (nSPS) is 15.2. The van der Waals surface area contributed by atoms with Gasteiger partial charge in [-0.15, -0.1) is 13.1 Å². The van der Waals surface area contributed by atoms with Crippen molar-refractivity contribution in [3.63, 3.8) is 0 Å². The Morgan fingerprint density at radius 1 is 1.18 bits per heavy atom. The summed E-state index contributed by atoms with van der Waals surface area (Å²) in [5, 5.41) is 5.63. The van der Waals surface area contributed by atoms with E-state index >= 15 is 0 Å². The van der Waals surface area contributed by atoms with Gasteiger partial charge in [0.2, 0.25) is 0 Å². The minimum absolute atomic E-state index is 0. The molecule has 1 fully saturated rings. The van der Waals surface area contributed by atoms with Gasteiger partial charge in [0.15, 0.2) is 0 Å². The number of anilines is 1. The molecule has 2 heterocycles. The van der Waals surface area contributed by atoms with Crippen LogP contribution in [0.3, 0.4) is 0 Å². The third kappa shape index (κ3) is 3.11. The number of fused-ring (bicyclic) bond motifs is 1. The first-order valence-corrected chi connectivity index (χ1v) is 5.95. The average molecular weight is 323 g/mol. The molecule has 1 aliphatic rings. The van der Waals surface area contributed by atoms with Crippen LogP contribution in [0.15, 0.2) is 24.3 Å². The predicted octanol–water partition coefficient (Wildman–Crippen LogP) is -0.887. The second-order valence-electron chi connectivity index (χ2n) is 3.66. The second kappa shape index (κ2) is 6.89. The maximum Gasteiger partial charge on any atom is 2.00 e. The van der Waals surface area contributed by atoms with Crippen LogP contribution in [0.1, 0.15) is 0 Å². The Balaban J connectivity index is 0.000000722. The van der Waals surface area contributed by atoms with Crippen molar-refractivity contribution in [3.05, 3.63) is 29.6 Å².